The Kier molecular flexibility index (Phi) is 3.27. The van der Waals surface area contributed by atoms with Gasteiger partial charge in [-0.2, -0.15) is 0 Å². The van der Waals surface area contributed by atoms with Gasteiger partial charge in [0.05, 0.1) is 6.04 Å². The second-order valence-electron chi connectivity index (χ2n) is 4.79. The van der Waals surface area contributed by atoms with Gasteiger partial charge in [0, 0.05) is 10.7 Å². The summed E-state index contributed by atoms with van der Waals surface area (Å²) in [6, 6.07) is 8.24. The van der Waals surface area contributed by atoms with Crippen LogP contribution in [0.1, 0.15) is 37.3 Å². The van der Waals surface area contributed by atoms with Crippen molar-refractivity contribution in [2.24, 2.45) is 0 Å². The van der Waals surface area contributed by atoms with Gasteiger partial charge in [0.1, 0.15) is 0 Å². The van der Waals surface area contributed by atoms with Crippen molar-refractivity contribution in [3.63, 3.8) is 0 Å². The highest BCUT2D eigenvalue weighted by molar-refractivity contribution is 7.80. The summed E-state index contributed by atoms with van der Waals surface area (Å²) >= 11 is 11.2. The van der Waals surface area contributed by atoms with Gasteiger partial charge in [-0.1, -0.05) is 23.7 Å². The molecular formula is C14H15ClN2S. The van der Waals surface area contributed by atoms with Crippen molar-refractivity contribution in [3.05, 3.63) is 46.1 Å². The maximum absolute atomic E-state index is 5.95. The van der Waals surface area contributed by atoms with Gasteiger partial charge in [0.2, 0.25) is 0 Å². The molecule has 2 N–H and O–H groups in total. The summed E-state index contributed by atoms with van der Waals surface area (Å²) < 4.78 is 0. The van der Waals surface area contributed by atoms with Crippen molar-refractivity contribution in [1.29, 1.82) is 0 Å². The maximum atomic E-state index is 5.95. The molecule has 18 heavy (non-hydrogen) atoms. The smallest absolute Gasteiger partial charge is 0.171 e. The summed E-state index contributed by atoms with van der Waals surface area (Å²) in [5, 5.41) is 8.18. The third-order valence-corrected chi connectivity index (χ3v) is 4.07. The standard InChI is InChI=1S/C14H15ClN2S/c15-10-7-5-9(6-8-10)13-11-3-1-2-4-12(11)16-14(18)17-13/h5-8,13H,1-4H2,(H2,16,17,18)/t13-/m1/s1. The minimum absolute atomic E-state index is 0.214. The van der Waals surface area contributed by atoms with Gasteiger partial charge in [-0.25, -0.2) is 0 Å². The molecule has 1 atom stereocenters. The molecule has 1 aromatic rings. The fourth-order valence-electron chi connectivity index (χ4n) is 2.72. The van der Waals surface area contributed by atoms with E-state index >= 15 is 0 Å². The molecule has 0 saturated carbocycles. The normalized spacial score (nSPS) is 23.2. The minimum atomic E-state index is 0.214. The molecule has 0 spiro atoms. The zero-order valence-electron chi connectivity index (χ0n) is 10.0. The van der Waals surface area contributed by atoms with Crippen LogP contribution in [0.3, 0.4) is 0 Å². The van der Waals surface area contributed by atoms with Gasteiger partial charge in [0.25, 0.3) is 0 Å². The SMILES string of the molecule is S=C1NC2=C(CCCC2)[C@@H](c2ccc(Cl)cc2)N1. The fourth-order valence-corrected chi connectivity index (χ4v) is 3.09. The van der Waals surface area contributed by atoms with Gasteiger partial charge in [-0.05, 0) is 61.2 Å². The summed E-state index contributed by atoms with van der Waals surface area (Å²) in [6.07, 6.45) is 4.77. The Balaban J connectivity index is 1.98. The molecular weight excluding hydrogens is 264 g/mol. The molecule has 2 aliphatic rings. The second kappa shape index (κ2) is 4.90. The van der Waals surface area contributed by atoms with E-state index in [0.717, 1.165) is 23.0 Å². The van der Waals surface area contributed by atoms with Crippen molar-refractivity contribution in [3.8, 4) is 0 Å². The molecule has 1 aliphatic heterocycles. The van der Waals surface area contributed by atoms with Crippen molar-refractivity contribution in [1.82, 2.24) is 10.6 Å². The average molecular weight is 279 g/mol. The third kappa shape index (κ3) is 2.25. The average Bonchev–Trinajstić information content (AvgIpc) is 2.38. The lowest BCUT2D eigenvalue weighted by molar-refractivity contribution is 0.561. The minimum Gasteiger partial charge on any atom is -0.352 e. The van der Waals surface area contributed by atoms with Gasteiger partial charge in [-0.15, -0.1) is 0 Å². The summed E-state index contributed by atoms with van der Waals surface area (Å²) in [5.74, 6) is 0. The maximum Gasteiger partial charge on any atom is 0.171 e. The zero-order valence-corrected chi connectivity index (χ0v) is 11.6. The van der Waals surface area contributed by atoms with Gasteiger partial charge in [-0.3, -0.25) is 0 Å². The van der Waals surface area contributed by atoms with Crippen LogP contribution < -0.4 is 10.6 Å². The molecule has 1 aromatic carbocycles. The number of hydrogen-bond acceptors (Lipinski definition) is 1. The molecule has 1 aliphatic carbocycles. The molecule has 0 radical (unpaired) electrons. The first-order chi connectivity index (χ1) is 8.74. The lowest BCUT2D eigenvalue weighted by Crippen LogP contribution is -2.44. The number of rotatable bonds is 1. The Morgan fingerprint density at radius 3 is 2.61 bits per heavy atom. The summed E-state index contributed by atoms with van der Waals surface area (Å²) in [4.78, 5) is 0. The summed E-state index contributed by atoms with van der Waals surface area (Å²) in [7, 11) is 0. The highest BCUT2D eigenvalue weighted by Crippen LogP contribution is 2.35. The first-order valence-corrected chi connectivity index (χ1v) is 7.07. The van der Waals surface area contributed by atoms with E-state index in [2.05, 4.69) is 22.8 Å². The van der Waals surface area contributed by atoms with Crippen molar-refractivity contribution < 1.29 is 0 Å². The Hall–Kier alpha value is -1.06. The fraction of sp³-hybridized carbons (Fsp3) is 0.357. The van der Waals surface area contributed by atoms with Crippen molar-refractivity contribution in [2.75, 3.05) is 0 Å². The lowest BCUT2D eigenvalue weighted by Gasteiger charge is -2.34. The van der Waals surface area contributed by atoms with Crippen LogP contribution in [-0.4, -0.2) is 5.11 Å². The number of nitrogens with one attached hydrogen (secondary N) is 2. The van der Waals surface area contributed by atoms with Crippen molar-refractivity contribution >= 4 is 28.9 Å². The summed E-state index contributed by atoms with van der Waals surface area (Å²) in [5.41, 5.74) is 4.01. The van der Waals surface area contributed by atoms with Crippen LogP contribution in [0.5, 0.6) is 0 Å². The van der Waals surface area contributed by atoms with Gasteiger partial charge < -0.3 is 10.6 Å². The molecule has 0 amide bonds. The molecule has 1 heterocycles. The molecule has 2 nitrogen and oxygen atoms in total. The largest absolute Gasteiger partial charge is 0.352 e. The Morgan fingerprint density at radius 2 is 1.83 bits per heavy atom. The molecule has 4 heteroatoms. The van der Waals surface area contributed by atoms with Crippen LogP contribution in [0.2, 0.25) is 5.02 Å². The molecule has 0 bridgehead atoms. The number of hydrogen-bond donors (Lipinski definition) is 2. The molecule has 0 saturated heterocycles. The topological polar surface area (TPSA) is 24.1 Å². The highest BCUT2D eigenvalue weighted by Gasteiger charge is 2.27. The van der Waals surface area contributed by atoms with Gasteiger partial charge >= 0.3 is 0 Å². The third-order valence-electron chi connectivity index (χ3n) is 3.60. The molecule has 3 rings (SSSR count). The van der Waals surface area contributed by atoms with Gasteiger partial charge in [0.15, 0.2) is 5.11 Å². The van der Waals surface area contributed by atoms with Crippen LogP contribution in [0.4, 0.5) is 0 Å². The molecule has 0 fully saturated rings. The van der Waals surface area contributed by atoms with E-state index in [1.165, 1.54) is 29.7 Å². The Morgan fingerprint density at radius 1 is 1.11 bits per heavy atom. The predicted molar refractivity (Wildman–Crippen MR) is 78.6 cm³/mol. The van der Waals surface area contributed by atoms with Crippen LogP contribution in [0, 0.1) is 0 Å². The van der Waals surface area contributed by atoms with E-state index < -0.39 is 0 Å². The quantitative estimate of drug-likeness (QED) is 0.766. The van der Waals surface area contributed by atoms with E-state index in [1.54, 1.807) is 0 Å². The zero-order chi connectivity index (χ0) is 12.5. The second-order valence-corrected chi connectivity index (χ2v) is 5.64. The van der Waals surface area contributed by atoms with Crippen LogP contribution in [-0.2, 0) is 0 Å². The first kappa shape index (κ1) is 12.0. The molecule has 94 valence electrons. The Labute approximate surface area is 117 Å². The van der Waals surface area contributed by atoms with Crippen LogP contribution in [0.25, 0.3) is 0 Å². The number of allylic oxidation sites excluding steroid dienone is 1. The van der Waals surface area contributed by atoms with E-state index in [1.807, 2.05) is 12.1 Å². The monoisotopic (exact) mass is 278 g/mol. The lowest BCUT2D eigenvalue weighted by atomic mass is 9.86. The Bertz CT molecular complexity index is 507. The summed E-state index contributed by atoms with van der Waals surface area (Å²) in [6.45, 7) is 0. The van der Waals surface area contributed by atoms with Crippen molar-refractivity contribution in [2.45, 2.75) is 31.7 Å². The molecule has 0 aromatic heterocycles. The van der Waals surface area contributed by atoms with E-state index in [9.17, 15) is 0 Å². The number of thiocarbonyl (C=S) groups is 1. The van der Waals surface area contributed by atoms with E-state index in [0.29, 0.717) is 0 Å². The number of benzene rings is 1. The first-order valence-electron chi connectivity index (χ1n) is 6.29. The molecule has 0 unspecified atom stereocenters. The van der Waals surface area contributed by atoms with Crippen LogP contribution >= 0.6 is 23.8 Å². The van der Waals surface area contributed by atoms with Crippen LogP contribution in [0.15, 0.2) is 35.5 Å². The van der Waals surface area contributed by atoms with E-state index in [4.69, 9.17) is 23.8 Å². The van der Waals surface area contributed by atoms with E-state index in [-0.39, 0.29) is 6.04 Å². The predicted octanol–water partition coefficient (Wildman–Crippen LogP) is 3.69. The number of halogens is 1. The highest BCUT2D eigenvalue weighted by atomic mass is 35.5.